The van der Waals surface area contributed by atoms with Gasteiger partial charge in [-0.2, -0.15) is 0 Å². The molecule has 0 N–H and O–H groups in total. The van der Waals surface area contributed by atoms with Gasteiger partial charge < -0.3 is 0 Å². The quantitative estimate of drug-likeness (QED) is 0.446. The third-order valence-corrected chi connectivity index (χ3v) is 4.93. The van der Waals surface area contributed by atoms with Gasteiger partial charge in [0.15, 0.2) is 0 Å². The SMILES string of the molecule is CCP(c1ccccc1)c1ccccc1.[Cl][Au][Cl]. The van der Waals surface area contributed by atoms with Gasteiger partial charge in [0.1, 0.15) is 0 Å². The Kier molecular flexibility index (Phi) is 9.06. The molecule has 4 heteroatoms. The fourth-order valence-electron chi connectivity index (χ4n) is 1.73. The number of benzene rings is 2. The van der Waals surface area contributed by atoms with Crippen LogP contribution in [0.3, 0.4) is 0 Å². The van der Waals surface area contributed by atoms with Crippen molar-refractivity contribution in [2.45, 2.75) is 6.92 Å². The molecule has 0 heterocycles. The Bertz CT molecular complexity index is 383. The van der Waals surface area contributed by atoms with Gasteiger partial charge in [-0.15, -0.1) is 0 Å². The van der Waals surface area contributed by atoms with Crippen LogP contribution >= 0.6 is 26.3 Å². The zero-order valence-electron chi connectivity index (χ0n) is 9.99. The molecule has 0 unspecified atom stereocenters. The Morgan fingerprint density at radius 1 is 0.833 bits per heavy atom. The fraction of sp³-hybridized carbons (Fsp3) is 0.143. The van der Waals surface area contributed by atoms with E-state index in [0.29, 0.717) is 0 Å². The van der Waals surface area contributed by atoms with Crippen molar-refractivity contribution in [2.24, 2.45) is 0 Å². The molecule has 2 rings (SSSR count). The van der Waals surface area contributed by atoms with Crippen molar-refractivity contribution in [3.63, 3.8) is 0 Å². The van der Waals surface area contributed by atoms with Crippen LogP contribution in [0.5, 0.6) is 0 Å². The van der Waals surface area contributed by atoms with Crippen molar-refractivity contribution in [3.05, 3.63) is 60.7 Å². The van der Waals surface area contributed by atoms with Gasteiger partial charge in [-0.3, -0.25) is 0 Å². The van der Waals surface area contributed by atoms with Crippen LogP contribution in [0.2, 0.25) is 0 Å². The Labute approximate surface area is 127 Å². The van der Waals surface area contributed by atoms with Crippen molar-refractivity contribution >= 4 is 36.9 Å². The molecular weight excluding hydrogens is 467 g/mol. The van der Waals surface area contributed by atoms with Crippen molar-refractivity contribution in [1.29, 1.82) is 0 Å². The molecule has 101 valence electrons. The summed E-state index contributed by atoms with van der Waals surface area (Å²) in [6, 6.07) is 21.6. The van der Waals surface area contributed by atoms with Crippen LogP contribution in [0.25, 0.3) is 0 Å². The van der Waals surface area contributed by atoms with Crippen LogP contribution in [-0.4, -0.2) is 6.16 Å². The van der Waals surface area contributed by atoms with Crippen LogP contribution in [0.4, 0.5) is 0 Å². The molecule has 0 radical (unpaired) electrons. The molecule has 0 saturated heterocycles. The van der Waals surface area contributed by atoms with E-state index < -0.39 is 0 Å². The molecule has 0 aliphatic carbocycles. The summed E-state index contributed by atoms with van der Waals surface area (Å²) in [5.74, 6) is 0. The molecule has 0 amide bonds. The summed E-state index contributed by atoms with van der Waals surface area (Å²) in [6.45, 7) is 2.27. The maximum absolute atomic E-state index is 4.86. The molecule has 2 aromatic rings. The van der Waals surface area contributed by atoms with E-state index in [1.807, 2.05) is 0 Å². The minimum atomic E-state index is -0.389. The van der Waals surface area contributed by atoms with Crippen molar-refractivity contribution < 1.29 is 17.6 Å². The second-order valence-electron chi connectivity index (χ2n) is 3.46. The Morgan fingerprint density at radius 3 is 1.44 bits per heavy atom. The molecular formula is C14H15AuCl2P. The van der Waals surface area contributed by atoms with E-state index in [1.54, 1.807) is 0 Å². The Morgan fingerprint density at radius 2 is 1.17 bits per heavy atom. The first-order valence-corrected chi connectivity index (χ1v) is 12.4. The molecule has 0 aromatic heterocycles. The zero-order chi connectivity index (χ0) is 13.2. The second-order valence-corrected chi connectivity index (χ2v) is 9.11. The predicted octanol–water partition coefficient (Wildman–Crippen LogP) is 4.52. The third kappa shape index (κ3) is 5.45. The van der Waals surface area contributed by atoms with E-state index in [4.69, 9.17) is 18.4 Å². The molecule has 0 spiro atoms. The minimum absolute atomic E-state index is 0.149. The van der Waals surface area contributed by atoms with Gasteiger partial charge in [0.25, 0.3) is 0 Å². The van der Waals surface area contributed by atoms with E-state index in [9.17, 15) is 0 Å². The molecule has 0 aliphatic heterocycles. The van der Waals surface area contributed by atoms with Gasteiger partial charge in [-0.1, -0.05) is 67.6 Å². The maximum atomic E-state index is 4.86. The number of rotatable bonds is 3. The molecule has 0 aliphatic rings. The first-order chi connectivity index (χ1) is 8.83. The van der Waals surface area contributed by atoms with Gasteiger partial charge >= 0.3 is 36.0 Å². The standard InChI is InChI=1S/C14H15P.Au.2ClH/c1-2-15(13-9-5-3-6-10-13)14-11-7-4-8-12-14;;;/h3-12H,2H2,1H3;;2*1H/q;+2;;/p-2. The van der Waals surface area contributed by atoms with Crippen LogP contribution < -0.4 is 10.6 Å². The summed E-state index contributed by atoms with van der Waals surface area (Å²) in [6.07, 6.45) is 1.21. The van der Waals surface area contributed by atoms with Crippen LogP contribution in [-0.2, 0) is 17.6 Å². The molecule has 0 bridgehead atoms. The topological polar surface area (TPSA) is 0 Å². The second kappa shape index (κ2) is 10.0. The molecule has 0 atom stereocenters. The van der Waals surface area contributed by atoms with Gasteiger partial charge in [0, 0.05) is 0 Å². The summed E-state index contributed by atoms with van der Waals surface area (Å²) in [7, 11) is 9.57. The number of hydrogen-bond donors (Lipinski definition) is 0. The monoisotopic (exact) mass is 481 g/mol. The normalized spacial score (nSPS) is 10.0. The van der Waals surface area contributed by atoms with Gasteiger partial charge in [-0.25, -0.2) is 0 Å². The molecule has 2 aromatic carbocycles. The number of hydrogen-bond acceptors (Lipinski definition) is 0. The van der Waals surface area contributed by atoms with E-state index in [2.05, 4.69) is 67.6 Å². The van der Waals surface area contributed by atoms with Crippen LogP contribution in [0.1, 0.15) is 6.92 Å². The molecule has 0 saturated carbocycles. The van der Waals surface area contributed by atoms with E-state index in [-0.39, 0.29) is 25.5 Å². The molecule has 0 fully saturated rings. The zero-order valence-corrected chi connectivity index (χ0v) is 14.6. The van der Waals surface area contributed by atoms with Crippen molar-refractivity contribution in [2.75, 3.05) is 6.16 Å². The summed E-state index contributed by atoms with van der Waals surface area (Å²) in [5, 5.41) is 2.95. The average molecular weight is 482 g/mol. The third-order valence-electron chi connectivity index (χ3n) is 2.45. The van der Waals surface area contributed by atoms with Gasteiger partial charge in [0.2, 0.25) is 0 Å². The van der Waals surface area contributed by atoms with Crippen molar-refractivity contribution in [1.82, 2.24) is 0 Å². The van der Waals surface area contributed by atoms with E-state index in [0.717, 1.165) is 0 Å². The van der Waals surface area contributed by atoms with Crippen LogP contribution in [0.15, 0.2) is 60.7 Å². The average Bonchev–Trinajstić information content (AvgIpc) is 2.43. The van der Waals surface area contributed by atoms with E-state index >= 15 is 0 Å². The summed E-state index contributed by atoms with van der Waals surface area (Å²) >= 11 is -0.389. The Hall–Kier alpha value is 0.190. The summed E-state index contributed by atoms with van der Waals surface area (Å²) in [5.41, 5.74) is 0. The van der Waals surface area contributed by atoms with Crippen LogP contribution in [0, 0.1) is 0 Å². The van der Waals surface area contributed by atoms with Gasteiger partial charge in [0.05, 0.1) is 0 Å². The molecule has 18 heavy (non-hydrogen) atoms. The van der Waals surface area contributed by atoms with Gasteiger partial charge in [-0.05, 0) is 24.7 Å². The van der Waals surface area contributed by atoms with Crippen molar-refractivity contribution in [3.8, 4) is 0 Å². The number of halogens is 2. The van der Waals surface area contributed by atoms with E-state index in [1.165, 1.54) is 16.8 Å². The summed E-state index contributed by atoms with van der Waals surface area (Å²) < 4.78 is 0. The predicted molar refractivity (Wildman–Crippen MR) is 81.3 cm³/mol. The summed E-state index contributed by atoms with van der Waals surface area (Å²) in [4.78, 5) is 0. The first-order valence-electron chi connectivity index (χ1n) is 5.52. The fourth-order valence-corrected chi connectivity index (χ4v) is 3.82. The molecule has 0 nitrogen and oxygen atoms in total. The first kappa shape index (κ1) is 16.2. The Balaban J connectivity index is 0.000000492.